The van der Waals surface area contributed by atoms with E-state index in [0.717, 1.165) is 35.1 Å². The zero-order chi connectivity index (χ0) is 13.0. The second kappa shape index (κ2) is 6.39. The van der Waals surface area contributed by atoms with Crippen LogP contribution in [0.15, 0.2) is 12.1 Å². The van der Waals surface area contributed by atoms with Gasteiger partial charge in [0.2, 0.25) is 5.24 Å². The van der Waals surface area contributed by atoms with Crippen LogP contribution in [0.25, 0.3) is 0 Å². The minimum atomic E-state index is -0.770. The smallest absolute Gasteiger partial charge is 0.244 e. The van der Waals surface area contributed by atoms with E-state index in [0.29, 0.717) is 6.54 Å². The van der Waals surface area contributed by atoms with Crippen molar-refractivity contribution in [3.63, 3.8) is 0 Å². The van der Waals surface area contributed by atoms with Gasteiger partial charge in [0.05, 0.1) is 0 Å². The first-order valence-electron chi connectivity index (χ1n) is 5.73. The van der Waals surface area contributed by atoms with E-state index in [9.17, 15) is 4.79 Å². The van der Waals surface area contributed by atoms with Gasteiger partial charge in [0.15, 0.2) is 0 Å². The molecule has 0 radical (unpaired) electrons. The molecule has 17 heavy (non-hydrogen) atoms. The number of carbonyl (C=O) groups is 1. The van der Waals surface area contributed by atoms with Crippen molar-refractivity contribution in [2.75, 3.05) is 0 Å². The molecule has 0 spiro atoms. The lowest BCUT2D eigenvalue weighted by Gasteiger charge is -2.17. The molecular weight excluding hydrogens is 257 g/mol. The average molecular weight is 274 g/mol. The van der Waals surface area contributed by atoms with Crippen molar-refractivity contribution in [1.29, 1.82) is 0 Å². The first-order chi connectivity index (χ1) is 8.04. The quantitative estimate of drug-likeness (QED) is 0.661. The fourth-order valence-electron chi connectivity index (χ4n) is 1.99. The summed E-state index contributed by atoms with van der Waals surface area (Å²) in [7, 11) is 0. The van der Waals surface area contributed by atoms with Crippen LogP contribution in [0, 0.1) is 0 Å². The minimum Gasteiger partial charge on any atom is -0.326 e. The predicted octanol–water partition coefficient (Wildman–Crippen LogP) is 3.32. The Morgan fingerprint density at radius 1 is 1.29 bits per heavy atom. The summed E-state index contributed by atoms with van der Waals surface area (Å²) in [5, 5.41) is -1.30. The molecule has 0 aliphatic heterocycles. The lowest BCUT2D eigenvalue weighted by atomic mass is 9.92. The maximum atomic E-state index is 11.2. The molecule has 4 heteroatoms. The standard InChI is InChI=1S/C13H17Cl2NO/c1-3-9-5-8(7-16)6-10(4-2)11(9)12(14)13(15)17/h5-6,12H,3-4,7,16H2,1-2H3. The molecule has 2 nitrogen and oxygen atoms in total. The monoisotopic (exact) mass is 273 g/mol. The molecule has 1 rings (SSSR count). The maximum absolute atomic E-state index is 11.2. The van der Waals surface area contributed by atoms with E-state index in [2.05, 4.69) is 0 Å². The zero-order valence-electron chi connectivity index (χ0n) is 10.1. The summed E-state index contributed by atoms with van der Waals surface area (Å²) in [6.45, 7) is 4.55. The second-order valence-electron chi connectivity index (χ2n) is 3.91. The lowest BCUT2D eigenvalue weighted by molar-refractivity contribution is -0.111. The van der Waals surface area contributed by atoms with Crippen LogP contribution < -0.4 is 5.73 Å². The molecule has 0 fully saturated rings. The van der Waals surface area contributed by atoms with Gasteiger partial charge in [0.25, 0.3) is 0 Å². The summed E-state index contributed by atoms with van der Waals surface area (Å²) in [6, 6.07) is 4.01. The van der Waals surface area contributed by atoms with Crippen LogP contribution in [0.2, 0.25) is 0 Å². The molecule has 2 N–H and O–H groups in total. The van der Waals surface area contributed by atoms with Crippen LogP contribution in [-0.2, 0) is 24.2 Å². The summed E-state index contributed by atoms with van der Waals surface area (Å²) in [4.78, 5) is 11.2. The first-order valence-corrected chi connectivity index (χ1v) is 6.54. The SMILES string of the molecule is CCc1cc(CN)cc(CC)c1C(Cl)C(=O)Cl. The largest absolute Gasteiger partial charge is 0.326 e. The first kappa shape index (κ1) is 14.5. The van der Waals surface area contributed by atoms with Gasteiger partial charge < -0.3 is 5.73 Å². The third kappa shape index (κ3) is 3.21. The van der Waals surface area contributed by atoms with Crippen molar-refractivity contribution in [3.05, 3.63) is 34.4 Å². The third-order valence-electron chi connectivity index (χ3n) is 2.86. The highest BCUT2D eigenvalue weighted by Crippen LogP contribution is 2.31. The van der Waals surface area contributed by atoms with Crippen molar-refractivity contribution in [2.45, 2.75) is 38.6 Å². The van der Waals surface area contributed by atoms with Crippen molar-refractivity contribution in [3.8, 4) is 0 Å². The number of hydrogen-bond donors (Lipinski definition) is 1. The molecule has 1 aromatic carbocycles. The van der Waals surface area contributed by atoms with E-state index in [1.54, 1.807) is 0 Å². The van der Waals surface area contributed by atoms with Gasteiger partial charge >= 0.3 is 0 Å². The molecule has 0 saturated heterocycles. The van der Waals surface area contributed by atoms with Gasteiger partial charge in [-0.2, -0.15) is 0 Å². The van der Waals surface area contributed by atoms with Gasteiger partial charge in [0, 0.05) is 6.54 Å². The van der Waals surface area contributed by atoms with Gasteiger partial charge in [-0.15, -0.1) is 11.6 Å². The van der Waals surface area contributed by atoms with Gasteiger partial charge in [-0.05, 0) is 46.7 Å². The molecular formula is C13H17Cl2NO. The second-order valence-corrected chi connectivity index (χ2v) is 4.71. The highest BCUT2D eigenvalue weighted by atomic mass is 35.5. The summed E-state index contributed by atoms with van der Waals surface area (Å²) < 4.78 is 0. The van der Waals surface area contributed by atoms with Crippen molar-refractivity contribution >= 4 is 28.4 Å². The molecule has 0 heterocycles. The number of halogens is 2. The molecule has 0 aliphatic rings. The van der Waals surface area contributed by atoms with E-state index in [-0.39, 0.29) is 0 Å². The minimum absolute atomic E-state index is 0.488. The molecule has 0 amide bonds. The Morgan fingerprint density at radius 2 is 1.76 bits per heavy atom. The topological polar surface area (TPSA) is 43.1 Å². The molecule has 0 saturated carbocycles. The number of hydrogen-bond acceptors (Lipinski definition) is 2. The zero-order valence-corrected chi connectivity index (χ0v) is 11.6. The Hall–Kier alpha value is -0.570. The average Bonchev–Trinajstić information content (AvgIpc) is 2.35. The summed E-state index contributed by atoms with van der Waals surface area (Å²) in [6.07, 6.45) is 1.62. The molecule has 1 aromatic rings. The van der Waals surface area contributed by atoms with Gasteiger partial charge in [0.1, 0.15) is 5.38 Å². The lowest BCUT2D eigenvalue weighted by Crippen LogP contribution is -2.09. The van der Waals surface area contributed by atoms with E-state index >= 15 is 0 Å². The van der Waals surface area contributed by atoms with Crippen LogP contribution >= 0.6 is 23.2 Å². The van der Waals surface area contributed by atoms with Crippen LogP contribution in [0.5, 0.6) is 0 Å². The van der Waals surface area contributed by atoms with E-state index in [1.807, 2.05) is 26.0 Å². The molecule has 0 bridgehead atoms. The Bertz CT molecular complexity index is 393. The van der Waals surface area contributed by atoms with E-state index < -0.39 is 10.6 Å². The number of nitrogens with two attached hydrogens (primary N) is 1. The fourth-order valence-corrected chi connectivity index (χ4v) is 2.38. The molecule has 1 unspecified atom stereocenters. The van der Waals surface area contributed by atoms with E-state index in [1.165, 1.54) is 0 Å². The summed E-state index contributed by atoms with van der Waals surface area (Å²) in [5.41, 5.74) is 9.68. The maximum Gasteiger partial charge on any atom is 0.244 e. The number of aryl methyl sites for hydroxylation is 2. The van der Waals surface area contributed by atoms with Crippen LogP contribution in [0.1, 0.15) is 41.5 Å². The highest BCUT2D eigenvalue weighted by molar-refractivity contribution is 6.68. The van der Waals surface area contributed by atoms with Gasteiger partial charge in [-0.25, -0.2) is 0 Å². The van der Waals surface area contributed by atoms with Gasteiger partial charge in [-0.3, -0.25) is 4.79 Å². The summed E-state index contributed by atoms with van der Waals surface area (Å²) >= 11 is 11.6. The number of alkyl halides is 1. The van der Waals surface area contributed by atoms with E-state index in [4.69, 9.17) is 28.9 Å². The molecule has 0 aromatic heterocycles. The van der Waals surface area contributed by atoms with Crippen molar-refractivity contribution < 1.29 is 4.79 Å². The molecule has 0 aliphatic carbocycles. The highest BCUT2D eigenvalue weighted by Gasteiger charge is 2.21. The van der Waals surface area contributed by atoms with Crippen LogP contribution in [0.3, 0.4) is 0 Å². The number of benzene rings is 1. The normalized spacial score (nSPS) is 12.5. The van der Waals surface area contributed by atoms with Crippen LogP contribution in [0.4, 0.5) is 0 Å². The third-order valence-corrected chi connectivity index (χ3v) is 3.61. The Balaban J connectivity index is 3.39. The van der Waals surface area contributed by atoms with Crippen molar-refractivity contribution in [2.24, 2.45) is 5.73 Å². The van der Waals surface area contributed by atoms with Gasteiger partial charge in [-0.1, -0.05) is 26.0 Å². The number of carbonyl (C=O) groups excluding carboxylic acids is 1. The van der Waals surface area contributed by atoms with Crippen LogP contribution in [-0.4, -0.2) is 5.24 Å². The molecule has 1 atom stereocenters. The fraction of sp³-hybridized carbons (Fsp3) is 0.462. The summed E-state index contributed by atoms with van der Waals surface area (Å²) in [5.74, 6) is 0. The Kier molecular flexibility index (Phi) is 5.44. The van der Waals surface area contributed by atoms with Crippen molar-refractivity contribution in [1.82, 2.24) is 0 Å². The molecule has 94 valence electrons. The Labute approximate surface area is 112 Å². The number of rotatable bonds is 5. The predicted molar refractivity (Wildman–Crippen MR) is 72.5 cm³/mol. The Morgan fingerprint density at radius 3 is 2.06 bits per heavy atom.